The molecule has 0 bridgehead atoms. The largest absolute Gasteiger partial charge is 0.497 e. The molecule has 2 nitrogen and oxygen atoms in total. The van der Waals surface area contributed by atoms with E-state index in [0.29, 0.717) is 0 Å². The van der Waals surface area contributed by atoms with E-state index in [9.17, 15) is 0 Å². The summed E-state index contributed by atoms with van der Waals surface area (Å²) in [5.41, 5.74) is 1.38. The molecule has 1 aromatic carbocycles. The lowest BCUT2D eigenvalue weighted by atomic mass is 10.1. The Morgan fingerprint density at radius 1 is 1.18 bits per heavy atom. The maximum absolute atomic E-state index is 5.14. The van der Waals surface area contributed by atoms with E-state index in [-0.39, 0.29) is 0 Å². The lowest BCUT2D eigenvalue weighted by Crippen LogP contribution is -2.18. The Morgan fingerprint density at radius 3 is 2.59 bits per heavy atom. The number of rotatable bonds is 8. The molecule has 0 atom stereocenters. The highest BCUT2D eigenvalue weighted by Crippen LogP contribution is 2.33. The Hall–Kier alpha value is -1.02. The van der Waals surface area contributed by atoms with Gasteiger partial charge in [-0.05, 0) is 56.0 Å². The molecule has 0 heterocycles. The second-order valence-electron chi connectivity index (χ2n) is 4.93. The van der Waals surface area contributed by atoms with Crippen LogP contribution in [0.4, 0.5) is 0 Å². The van der Waals surface area contributed by atoms with Gasteiger partial charge in [-0.2, -0.15) is 0 Å². The molecule has 0 aliphatic heterocycles. The second kappa shape index (κ2) is 6.65. The van der Waals surface area contributed by atoms with Crippen molar-refractivity contribution in [2.24, 2.45) is 5.92 Å². The third-order valence-electron chi connectivity index (χ3n) is 3.41. The zero-order valence-electron chi connectivity index (χ0n) is 10.7. The summed E-state index contributed by atoms with van der Waals surface area (Å²) >= 11 is 0. The minimum absolute atomic E-state index is 0.936. The maximum atomic E-state index is 5.14. The molecule has 0 amide bonds. The van der Waals surface area contributed by atoms with Crippen molar-refractivity contribution < 1.29 is 4.74 Å². The van der Waals surface area contributed by atoms with Gasteiger partial charge in [-0.15, -0.1) is 0 Å². The normalized spacial score (nSPS) is 14.9. The average molecular weight is 233 g/mol. The van der Waals surface area contributed by atoms with Gasteiger partial charge in [0.05, 0.1) is 7.11 Å². The van der Waals surface area contributed by atoms with E-state index < -0.39 is 0 Å². The Balaban J connectivity index is 1.53. The maximum Gasteiger partial charge on any atom is 0.118 e. The summed E-state index contributed by atoms with van der Waals surface area (Å²) in [5.74, 6) is 2.00. The van der Waals surface area contributed by atoms with Gasteiger partial charge in [-0.25, -0.2) is 0 Å². The van der Waals surface area contributed by atoms with E-state index in [0.717, 1.165) is 24.6 Å². The fourth-order valence-corrected chi connectivity index (χ4v) is 2.07. The van der Waals surface area contributed by atoms with E-state index >= 15 is 0 Å². The average Bonchev–Trinajstić information content (AvgIpc) is 3.18. The first-order valence-corrected chi connectivity index (χ1v) is 6.72. The van der Waals surface area contributed by atoms with Crippen LogP contribution in [0.5, 0.6) is 5.75 Å². The van der Waals surface area contributed by atoms with Gasteiger partial charge < -0.3 is 10.1 Å². The van der Waals surface area contributed by atoms with E-state index in [4.69, 9.17) is 4.74 Å². The molecular formula is C15H23NO. The molecule has 0 saturated heterocycles. The lowest BCUT2D eigenvalue weighted by Gasteiger charge is -2.05. The van der Waals surface area contributed by atoms with Crippen molar-refractivity contribution >= 4 is 0 Å². The predicted octanol–water partition coefficient (Wildman–Crippen LogP) is 3.02. The molecule has 0 radical (unpaired) electrons. The summed E-state index contributed by atoms with van der Waals surface area (Å²) < 4.78 is 5.14. The number of ether oxygens (including phenoxy) is 1. The van der Waals surface area contributed by atoms with Crippen molar-refractivity contribution in [1.29, 1.82) is 0 Å². The molecule has 1 fully saturated rings. The van der Waals surface area contributed by atoms with Crippen molar-refractivity contribution in [3.8, 4) is 5.75 Å². The van der Waals surface area contributed by atoms with E-state index in [1.807, 2.05) is 12.1 Å². The first kappa shape index (κ1) is 12.4. The number of nitrogens with one attached hydrogen (secondary N) is 1. The van der Waals surface area contributed by atoms with Crippen LogP contribution in [0.15, 0.2) is 24.3 Å². The monoisotopic (exact) mass is 233 g/mol. The summed E-state index contributed by atoms with van der Waals surface area (Å²) in [6.45, 7) is 2.25. The molecule has 0 unspecified atom stereocenters. The fraction of sp³-hybridized carbons (Fsp3) is 0.600. The molecule has 0 aromatic heterocycles. The Labute approximate surface area is 104 Å². The van der Waals surface area contributed by atoms with Crippen molar-refractivity contribution in [2.45, 2.75) is 32.1 Å². The van der Waals surface area contributed by atoms with Gasteiger partial charge in [0.25, 0.3) is 0 Å². The summed E-state index contributed by atoms with van der Waals surface area (Å²) in [4.78, 5) is 0. The second-order valence-corrected chi connectivity index (χ2v) is 4.93. The first-order chi connectivity index (χ1) is 8.38. The molecule has 94 valence electrons. The zero-order chi connectivity index (χ0) is 11.9. The van der Waals surface area contributed by atoms with Gasteiger partial charge in [0.2, 0.25) is 0 Å². The number of hydrogen-bond donors (Lipinski definition) is 1. The van der Waals surface area contributed by atoms with Gasteiger partial charge in [0.15, 0.2) is 0 Å². The minimum atomic E-state index is 0.936. The van der Waals surface area contributed by atoms with Crippen LogP contribution in [-0.2, 0) is 6.42 Å². The SMILES string of the molecule is COc1ccc(CCNCCCC2CC2)cc1. The Kier molecular flexibility index (Phi) is 4.87. The zero-order valence-corrected chi connectivity index (χ0v) is 10.7. The van der Waals surface area contributed by atoms with E-state index in [2.05, 4.69) is 17.4 Å². The fourth-order valence-electron chi connectivity index (χ4n) is 2.07. The summed E-state index contributed by atoms with van der Waals surface area (Å²) in [6, 6.07) is 8.35. The molecule has 1 aliphatic rings. The van der Waals surface area contributed by atoms with E-state index in [1.165, 1.54) is 37.8 Å². The van der Waals surface area contributed by atoms with Gasteiger partial charge in [-0.1, -0.05) is 25.0 Å². The molecule has 1 aromatic rings. The molecule has 17 heavy (non-hydrogen) atoms. The van der Waals surface area contributed by atoms with Gasteiger partial charge in [-0.3, -0.25) is 0 Å². The Morgan fingerprint density at radius 2 is 1.94 bits per heavy atom. The van der Waals surface area contributed by atoms with Crippen molar-refractivity contribution in [3.63, 3.8) is 0 Å². The highest BCUT2D eigenvalue weighted by atomic mass is 16.5. The van der Waals surface area contributed by atoms with Crippen LogP contribution < -0.4 is 10.1 Å². The van der Waals surface area contributed by atoms with E-state index in [1.54, 1.807) is 7.11 Å². The molecule has 1 aliphatic carbocycles. The number of methoxy groups -OCH3 is 1. The minimum Gasteiger partial charge on any atom is -0.497 e. The standard InChI is InChI=1S/C15H23NO/c1-17-15-8-6-14(7-9-15)10-12-16-11-2-3-13-4-5-13/h6-9,13,16H,2-5,10-12H2,1H3. The summed E-state index contributed by atoms with van der Waals surface area (Å²) in [7, 11) is 1.70. The lowest BCUT2D eigenvalue weighted by molar-refractivity contribution is 0.414. The van der Waals surface area contributed by atoms with Crippen LogP contribution in [0.25, 0.3) is 0 Å². The van der Waals surface area contributed by atoms with Gasteiger partial charge >= 0.3 is 0 Å². The predicted molar refractivity (Wildman–Crippen MR) is 71.5 cm³/mol. The topological polar surface area (TPSA) is 21.3 Å². The highest BCUT2D eigenvalue weighted by Gasteiger charge is 2.19. The van der Waals surface area contributed by atoms with Crippen molar-refractivity contribution in [3.05, 3.63) is 29.8 Å². The summed E-state index contributed by atoms with van der Waals surface area (Å²) in [6.07, 6.45) is 6.83. The summed E-state index contributed by atoms with van der Waals surface area (Å²) in [5, 5.41) is 3.51. The van der Waals surface area contributed by atoms with Crippen LogP contribution in [-0.4, -0.2) is 20.2 Å². The smallest absolute Gasteiger partial charge is 0.118 e. The Bertz CT molecular complexity index is 316. The molecule has 1 N–H and O–H groups in total. The third kappa shape index (κ3) is 4.78. The van der Waals surface area contributed by atoms with Crippen LogP contribution >= 0.6 is 0 Å². The third-order valence-corrected chi connectivity index (χ3v) is 3.41. The van der Waals surface area contributed by atoms with Crippen molar-refractivity contribution in [2.75, 3.05) is 20.2 Å². The number of hydrogen-bond acceptors (Lipinski definition) is 2. The molecular weight excluding hydrogens is 210 g/mol. The van der Waals surface area contributed by atoms with Gasteiger partial charge in [0, 0.05) is 0 Å². The quantitative estimate of drug-likeness (QED) is 0.697. The van der Waals surface area contributed by atoms with Crippen LogP contribution in [0.1, 0.15) is 31.2 Å². The molecule has 2 heteroatoms. The van der Waals surface area contributed by atoms with Crippen LogP contribution in [0.3, 0.4) is 0 Å². The van der Waals surface area contributed by atoms with Crippen LogP contribution in [0, 0.1) is 5.92 Å². The number of benzene rings is 1. The van der Waals surface area contributed by atoms with Crippen LogP contribution in [0.2, 0.25) is 0 Å². The molecule has 2 rings (SSSR count). The first-order valence-electron chi connectivity index (χ1n) is 6.72. The molecule has 1 saturated carbocycles. The van der Waals surface area contributed by atoms with Gasteiger partial charge in [0.1, 0.15) is 5.75 Å². The highest BCUT2D eigenvalue weighted by molar-refractivity contribution is 5.27. The molecule has 0 spiro atoms. The van der Waals surface area contributed by atoms with Crippen molar-refractivity contribution in [1.82, 2.24) is 5.32 Å².